The number of aromatic nitrogens is 1. The van der Waals surface area contributed by atoms with E-state index in [0.717, 1.165) is 11.5 Å². The molecule has 10 heteroatoms. The van der Waals surface area contributed by atoms with Gasteiger partial charge in [-0.15, -0.1) is 0 Å². The molecule has 1 atom stereocenters. The van der Waals surface area contributed by atoms with E-state index < -0.39 is 11.9 Å². The predicted molar refractivity (Wildman–Crippen MR) is 165 cm³/mol. The summed E-state index contributed by atoms with van der Waals surface area (Å²) >= 11 is 0. The van der Waals surface area contributed by atoms with Gasteiger partial charge in [0.15, 0.2) is 0 Å². The third-order valence-corrected chi connectivity index (χ3v) is 7.36. The first-order valence-electron chi connectivity index (χ1n) is 14.4. The first kappa shape index (κ1) is 36.6. The third kappa shape index (κ3) is 11.8. The molecule has 3 aromatic rings. The van der Waals surface area contributed by atoms with Crippen molar-refractivity contribution >= 4 is 18.0 Å². The first-order valence-corrected chi connectivity index (χ1v) is 14.4. The largest absolute Gasteiger partial charge is 1.00 e. The molecule has 0 radical (unpaired) electrons. The van der Waals surface area contributed by atoms with Gasteiger partial charge in [-0.3, -0.25) is 9.78 Å². The number of carbonyl (C=O) groups is 2. The normalized spacial score (nSPS) is 13.3. The van der Waals surface area contributed by atoms with Crippen LogP contribution in [-0.4, -0.2) is 58.7 Å². The van der Waals surface area contributed by atoms with E-state index >= 15 is 0 Å². The number of nitrogens with two attached hydrogens (primary N) is 1. The number of pyridine rings is 1. The zero-order valence-electron chi connectivity index (χ0n) is 25.1. The van der Waals surface area contributed by atoms with Crippen LogP contribution in [0.3, 0.4) is 0 Å². The van der Waals surface area contributed by atoms with Gasteiger partial charge in [0, 0.05) is 44.1 Å². The molecule has 1 aromatic heterocycles. The summed E-state index contributed by atoms with van der Waals surface area (Å²) < 4.78 is 0. The van der Waals surface area contributed by atoms with Crippen LogP contribution in [0.5, 0.6) is 0 Å². The SMILES string of the molecule is C=C(N(CCO)CCO)N(Cc1ccc(C2CCCCC2)cc1)c1ccccc1.NC(=O)C([N-]C=O)c1cccnc1.[K+]. The fourth-order valence-corrected chi connectivity index (χ4v) is 5.16. The Balaban J connectivity index is 0.000000388. The Labute approximate surface area is 297 Å². The molecule has 4 rings (SSSR count). The monoisotopic (exact) mass is 611 g/mol. The van der Waals surface area contributed by atoms with E-state index in [1.165, 1.54) is 49.4 Å². The van der Waals surface area contributed by atoms with E-state index in [9.17, 15) is 19.8 Å². The molecule has 1 fully saturated rings. The maximum Gasteiger partial charge on any atom is 1.00 e. The van der Waals surface area contributed by atoms with Crippen LogP contribution in [0.1, 0.15) is 60.8 Å². The average Bonchev–Trinajstić information content (AvgIpc) is 3.04. The molecular weight excluding hydrogens is 569 g/mol. The Morgan fingerprint density at radius 2 is 1.65 bits per heavy atom. The molecule has 0 aliphatic heterocycles. The number of aliphatic hydroxyl groups is 2. The summed E-state index contributed by atoms with van der Waals surface area (Å²) in [4.78, 5) is 28.8. The fourth-order valence-electron chi connectivity index (χ4n) is 5.16. The Kier molecular flexibility index (Phi) is 17.4. The molecule has 43 heavy (non-hydrogen) atoms. The second kappa shape index (κ2) is 20.4. The molecule has 1 aliphatic carbocycles. The van der Waals surface area contributed by atoms with Crippen LogP contribution in [0.25, 0.3) is 5.32 Å². The zero-order valence-corrected chi connectivity index (χ0v) is 28.2. The number of anilines is 1. The van der Waals surface area contributed by atoms with Gasteiger partial charge in [0.25, 0.3) is 0 Å². The maximum absolute atomic E-state index is 10.8. The number of nitrogens with zero attached hydrogens (tertiary/aromatic N) is 4. The van der Waals surface area contributed by atoms with Gasteiger partial charge in [-0.25, -0.2) is 0 Å². The summed E-state index contributed by atoms with van der Waals surface area (Å²) in [5.74, 6) is 0.832. The number of amides is 2. The van der Waals surface area contributed by atoms with Gasteiger partial charge in [-0.2, -0.15) is 0 Å². The zero-order chi connectivity index (χ0) is 30.2. The van der Waals surface area contributed by atoms with Gasteiger partial charge in [-0.1, -0.05) is 74.4 Å². The van der Waals surface area contributed by atoms with Gasteiger partial charge in [-0.05, 0) is 59.7 Å². The molecular formula is C33H42KN5O4. The Morgan fingerprint density at radius 3 is 2.19 bits per heavy atom. The van der Waals surface area contributed by atoms with Crippen LogP contribution in [0.2, 0.25) is 0 Å². The number of primary amides is 1. The minimum Gasteiger partial charge on any atom is -0.642 e. The van der Waals surface area contributed by atoms with Crippen LogP contribution in [0, 0.1) is 0 Å². The molecule has 0 spiro atoms. The smallest absolute Gasteiger partial charge is 0.642 e. The number of hydrogen-bond donors (Lipinski definition) is 3. The van der Waals surface area contributed by atoms with E-state index in [1.54, 1.807) is 18.3 Å². The van der Waals surface area contributed by atoms with Crippen molar-refractivity contribution in [1.29, 1.82) is 0 Å². The van der Waals surface area contributed by atoms with Crippen LogP contribution >= 0.6 is 0 Å². The van der Waals surface area contributed by atoms with E-state index in [2.05, 4.69) is 58.2 Å². The molecule has 1 aliphatic rings. The number of para-hydroxylation sites is 1. The van der Waals surface area contributed by atoms with E-state index in [4.69, 9.17) is 5.73 Å². The van der Waals surface area contributed by atoms with Crippen molar-refractivity contribution < 1.29 is 71.2 Å². The van der Waals surface area contributed by atoms with Gasteiger partial charge in [0.2, 0.25) is 5.91 Å². The topological polar surface area (TPSA) is 134 Å². The fraction of sp³-hybridized carbons (Fsp3) is 0.364. The van der Waals surface area contributed by atoms with Gasteiger partial charge < -0.3 is 35.9 Å². The molecule has 2 aromatic carbocycles. The number of aliphatic hydroxyl groups excluding tert-OH is 2. The number of rotatable bonds is 14. The van der Waals surface area contributed by atoms with Gasteiger partial charge in [0.1, 0.15) is 5.82 Å². The van der Waals surface area contributed by atoms with Crippen molar-refractivity contribution in [1.82, 2.24) is 9.88 Å². The van der Waals surface area contributed by atoms with Crippen LogP contribution in [-0.2, 0) is 16.1 Å². The number of carbonyl (C=O) groups excluding carboxylic acids is 2. The summed E-state index contributed by atoms with van der Waals surface area (Å²) in [6, 6.07) is 21.6. The Morgan fingerprint density at radius 1 is 1.00 bits per heavy atom. The number of hydrogen-bond acceptors (Lipinski definition) is 7. The van der Waals surface area contributed by atoms with Gasteiger partial charge >= 0.3 is 51.4 Å². The molecule has 1 unspecified atom stereocenters. The maximum atomic E-state index is 10.8. The van der Waals surface area contributed by atoms with Crippen molar-refractivity contribution in [2.24, 2.45) is 5.73 Å². The average molecular weight is 612 g/mol. The first-order chi connectivity index (χ1) is 20.5. The van der Waals surface area contributed by atoms with Crippen LogP contribution in [0.4, 0.5) is 5.69 Å². The molecule has 224 valence electrons. The van der Waals surface area contributed by atoms with Crippen molar-refractivity contribution in [3.63, 3.8) is 0 Å². The van der Waals surface area contributed by atoms with Crippen molar-refractivity contribution in [3.05, 3.63) is 114 Å². The summed E-state index contributed by atoms with van der Waals surface area (Å²) in [6.07, 6.45) is 10.0. The quantitative estimate of drug-likeness (QED) is 0.186. The number of benzene rings is 2. The minimum atomic E-state index is -0.925. The Hall–Kier alpha value is -2.57. The van der Waals surface area contributed by atoms with Gasteiger partial charge in [0.05, 0.1) is 13.2 Å². The molecule has 2 amide bonds. The molecule has 1 saturated carbocycles. The van der Waals surface area contributed by atoms with Crippen molar-refractivity contribution in [2.75, 3.05) is 31.2 Å². The van der Waals surface area contributed by atoms with E-state index in [0.29, 0.717) is 37.5 Å². The molecule has 1 heterocycles. The second-order valence-corrected chi connectivity index (χ2v) is 10.2. The van der Waals surface area contributed by atoms with Crippen molar-refractivity contribution in [2.45, 2.75) is 50.6 Å². The standard InChI is InChI=1S/C25H34N2O2.C8H9N3O2.K/c1-21(26(16-18-28)17-19-29)27(25-10-6-3-7-11-25)20-22-12-14-24(15-13-22)23-8-4-2-5-9-23;9-8(13)7(11-5-12)6-2-1-3-10-4-6;/h3,6-7,10-15,23,28-29H,1-2,4-5,8-9,16-20H2;1-5,7H,(H3,9,11,12,13);/q;;+1/p-1. The predicted octanol–water partition coefficient (Wildman–Crippen LogP) is 1.64. The van der Waals surface area contributed by atoms with Crippen LogP contribution in [0.15, 0.2) is 91.5 Å². The molecule has 9 nitrogen and oxygen atoms in total. The van der Waals surface area contributed by atoms with Crippen molar-refractivity contribution in [3.8, 4) is 0 Å². The summed E-state index contributed by atoms with van der Waals surface area (Å²) in [7, 11) is 0. The minimum absolute atomic E-state index is 0. The summed E-state index contributed by atoms with van der Waals surface area (Å²) in [5, 5.41) is 22.3. The van der Waals surface area contributed by atoms with Crippen LogP contribution < -0.4 is 62.0 Å². The summed E-state index contributed by atoms with van der Waals surface area (Å²) in [6.45, 7) is 5.93. The Bertz CT molecular complexity index is 1220. The third-order valence-electron chi connectivity index (χ3n) is 7.36. The molecule has 0 saturated heterocycles. The molecule has 0 bridgehead atoms. The summed E-state index contributed by atoms with van der Waals surface area (Å²) in [5.41, 5.74) is 9.29. The molecule has 4 N–H and O–H groups in total. The second-order valence-electron chi connectivity index (χ2n) is 10.2. The van der Waals surface area contributed by atoms with E-state index in [-0.39, 0.29) is 64.6 Å². The van der Waals surface area contributed by atoms with E-state index in [1.807, 2.05) is 23.1 Å².